The monoisotopic (exact) mass is 881 g/mol. The molecule has 0 radical (unpaired) electrons. The molecule has 0 N–H and O–H groups in total. The van der Waals surface area contributed by atoms with Crippen molar-refractivity contribution in [1.29, 1.82) is 0 Å². The molecule has 61 heavy (non-hydrogen) atoms. The fraction of sp³-hybridized carbons (Fsp3) is 0.609. The van der Waals surface area contributed by atoms with E-state index in [1.165, 1.54) is 7.11 Å². The second kappa shape index (κ2) is 23.5. The minimum Gasteiger partial charge on any atom is -0.493 e. The summed E-state index contributed by atoms with van der Waals surface area (Å²) in [4.78, 5) is 30.2. The van der Waals surface area contributed by atoms with Crippen molar-refractivity contribution in [3.8, 4) is 11.5 Å². The standard InChI is InChI=1S/C46H71N3O10Si2/c1-33(34(2)59-61(12,13)45(3,4)5)24-25-38(56-43(50)35-20-15-14-16-21-35)42-39(57-46(6,7)58-42)23-19-22-36-30-37(53-27-18-17-26-48-49-47)31-40(55-32-52-8)41(36)44(51)54-28-29-60(9,10)11/h14-16,19-22,24-25,30-31,33-34,38-39,42H,17-18,23,26-29,32H2,1-13H3/b22-19+,25-24-/t33-,34-,38?,39+,42-/m1/s1. The van der Waals surface area contributed by atoms with Gasteiger partial charge in [-0.3, -0.25) is 0 Å². The summed E-state index contributed by atoms with van der Waals surface area (Å²) in [6.45, 7) is 26.6. The molecule has 5 atom stereocenters. The Hall–Kier alpha value is -3.96. The third-order valence-electron chi connectivity index (χ3n) is 10.8. The number of hydrogen-bond donors (Lipinski definition) is 0. The molecule has 13 nitrogen and oxygen atoms in total. The average Bonchev–Trinajstić information content (AvgIpc) is 3.49. The normalized spacial score (nSPS) is 18.4. The number of ether oxygens (including phenoxy) is 7. The van der Waals surface area contributed by atoms with Crippen molar-refractivity contribution in [2.75, 3.05) is 33.7 Å². The fourth-order valence-electron chi connectivity index (χ4n) is 6.15. The molecule has 0 spiro atoms. The van der Waals surface area contributed by atoms with Crippen molar-refractivity contribution < 1.29 is 47.2 Å². The van der Waals surface area contributed by atoms with Gasteiger partial charge in [0.15, 0.2) is 20.9 Å². The van der Waals surface area contributed by atoms with Crippen LogP contribution in [0.25, 0.3) is 16.5 Å². The second-order valence-electron chi connectivity index (χ2n) is 18.7. The topological polar surface area (TPSA) is 157 Å². The van der Waals surface area contributed by atoms with Crippen LogP contribution in [-0.2, 0) is 28.1 Å². The molecule has 0 saturated carbocycles. The Bertz CT molecular complexity index is 1820. The highest BCUT2D eigenvalue weighted by atomic mass is 28.4. The Morgan fingerprint density at radius 3 is 2.31 bits per heavy atom. The minimum absolute atomic E-state index is 0.000259. The molecule has 0 aromatic heterocycles. The van der Waals surface area contributed by atoms with Crippen LogP contribution in [0, 0.1) is 5.92 Å². The zero-order valence-electron chi connectivity index (χ0n) is 38.8. The number of rotatable bonds is 24. The van der Waals surface area contributed by atoms with Crippen LogP contribution in [0.5, 0.6) is 11.5 Å². The van der Waals surface area contributed by atoms with Crippen molar-refractivity contribution in [3.63, 3.8) is 0 Å². The van der Waals surface area contributed by atoms with Crippen LogP contribution in [-0.4, -0.2) is 92.2 Å². The molecule has 1 fully saturated rings. The zero-order valence-corrected chi connectivity index (χ0v) is 40.8. The molecule has 338 valence electrons. The van der Waals surface area contributed by atoms with Crippen molar-refractivity contribution in [2.45, 2.75) is 142 Å². The van der Waals surface area contributed by atoms with Gasteiger partial charge >= 0.3 is 11.9 Å². The first-order valence-electron chi connectivity index (χ1n) is 21.3. The van der Waals surface area contributed by atoms with E-state index in [1.54, 1.807) is 36.4 Å². The Morgan fingerprint density at radius 1 is 0.967 bits per heavy atom. The maximum Gasteiger partial charge on any atom is 0.342 e. The number of benzene rings is 2. The van der Waals surface area contributed by atoms with E-state index < -0.39 is 52.4 Å². The Labute approximate surface area is 366 Å². The number of methoxy groups -OCH3 is 1. The number of esters is 2. The predicted octanol–water partition coefficient (Wildman–Crippen LogP) is 11.4. The van der Waals surface area contributed by atoms with E-state index >= 15 is 0 Å². The molecule has 2 aromatic carbocycles. The lowest BCUT2D eigenvalue weighted by molar-refractivity contribution is -0.152. The summed E-state index contributed by atoms with van der Waals surface area (Å²) in [5.74, 6) is -1.26. The highest BCUT2D eigenvalue weighted by Gasteiger charge is 2.46. The lowest BCUT2D eigenvalue weighted by Gasteiger charge is -2.39. The maximum atomic E-state index is 13.8. The number of carbonyl (C=O) groups excluding carboxylic acids is 2. The number of azide groups is 1. The third kappa shape index (κ3) is 17.0. The first-order chi connectivity index (χ1) is 28.6. The van der Waals surface area contributed by atoms with Crippen molar-refractivity contribution in [1.82, 2.24) is 0 Å². The molecule has 1 aliphatic rings. The van der Waals surface area contributed by atoms with Gasteiger partial charge in [0.25, 0.3) is 0 Å². The SMILES string of the molecule is COCOc1cc(OCCCCN=[N+]=[N-])cc(/C=C/C[C@@H]2OC(C)(C)O[C@@H]2C(/C=C\[C@@H](C)[C@@H](C)O[Si](C)(C)C(C)(C)C)OC(=O)c2ccccc2)c1C(=O)OCC[Si](C)(C)C. The lowest BCUT2D eigenvalue weighted by atomic mass is 9.99. The van der Waals surface area contributed by atoms with Crippen LogP contribution in [0.15, 0.2) is 65.8 Å². The van der Waals surface area contributed by atoms with E-state index in [0.29, 0.717) is 49.3 Å². The van der Waals surface area contributed by atoms with Crippen LogP contribution in [0.3, 0.4) is 0 Å². The molecular formula is C46H71N3O10Si2. The van der Waals surface area contributed by atoms with Crippen LogP contribution in [0.2, 0.25) is 43.8 Å². The molecule has 1 unspecified atom stereocenters. The van der Waals surface area contributed by atoms with Gasteiger partial charge in [0.2, 0.25) is 0 Å². The van der Waals surface area contributed by atoms with E-state index in [4.69, 9.17) is 43.1 Å². The molecular weight excluding hydrogens is 811 g/mol. The number of carbonyl (C=O) groups is 2. The van der Waals surface area contributed by atoms with Gasteiger partial charge in [-0.15, -0.1) is 0 Å². The van der Waals surface area contributed by atoms with Gasteiger partial charge < -0.3 is 37.6 Å². The molecule has 15 heteroatoms. The largest absolute Gasteiger partial charge is 0.493 e. The number of nitrogens with zero attached hydrogens (tertiary/aromatic N) is 3. The lowest BCUT2D eigenvalue weighted by Crippen LogP contribution is -2.44. The molecule has 0 aliphatic carbocycles. The summed E-state index contributed by atoms with van der Waals surface area (Å²) in [7, 11) is -2.04. The molecule has 0 amide bonds. The smallest absolute Gasteiger partial charge is 0.342 e. The molecule has 1 saturated heterocycles. The van der Waals surface area contributed by atoms with Gasteiger partial charge in [-0.1, -0.05) is 88.9 Å². The molecule has 0 bridgehead atoms. The highest BCUT2D eigenvalue weighted by molar-refractivity contribution is 6.76. The summed E-state index contributed by atoms with van der Waals surface area (Å²) in [6.07, 6.45) is 7.18. The van der Waals surface area contributed by atoms with Crippen LogP contribution in [0.4, 0.5) is 0 Å². The molecule has 2 aromatic rings. The summed E-state index contributed by atoms with van der Waals surface area (Å²) in [5, 5.41) is 3.65. The van der Waals surface area contributed by atoms with E-state index in [-0.39, 0.29) is 41.8 Å². The van der Waals surface area contributed by atoms with E-state index in [2.05, 4.69) is 77.4 Å². The van der Waals surface area contributed by atoms with Crippen LogP contribution >= 0.6 is 0 Å². The van der Waals surface area contributed by atoms with E-state index in [1.807, 2.05) is 44.2 Å². The molecule has 1 aliphatic heterocycles. The summed E-state index contributed by atoms with van der Waals surface area (Å²) < 4.78 is 49.0. The Morgan fingerprint density at radius 2 is 1.67 bits per heavy atom. The Kier molecular flexibility index (Phi) is 19.8. The summed E-state index contributed by atoms with van der Waals surface area (Å²) in [6, 6.07) is 13.1. The fourth-order valence-corrected chi connectivity index (χ4v) is 8.36. The van der Waals surface area contributed by atoms with Gasteiger partial charge in [0.1, 0.15) is 29.3 Å². The Balaban J connectivity index is 2.01. The maximum absolute atomic E-state index is 13.8. The summed E-state index contributed by atoms with van der Waals surface area (Å²) in [5.41, 5.74) is 9.79. The average molecular weight is 882 g/mol. The van der Waals surface area contributed by atoms with Gasteiger partial charge in [-0.25, -0.2) is 9.59 Å². The van der Waals surface area contributed by atoms with Crippen LogP contribution in [0.1, 0.15) is 94.0 Å². The number of unbranched alkanes of at least 4 members (excludes halogenated alkanes) is 1. The van der Waals surface area contributed by atoms with Crippen molar-refractivity contribution in [2.24, 2.45) is 11.0 Å². The minimum atomic E-state index is -2.04. The van der Waals surface area contributed by atoms with Crippen molar-refractivity contribution in [3.05, 3.63) is 87.8 Å². The highest BCUT2D eigenvalue weighted by Crippen LogP contribution is 2.39. The predicted molar refractivity (Wildman–Crippen MR) is 245 cm³/mol. The first-order valence-corrected chi connectivity index (χ1v) is 27.9. The van der Waals surface area contributed by atoms with Gasteiger partial charge in [0, 0.05) is 38.8 Å². The van der Waals surface area contributed by atoms with Gasteiger partial charge in [0.05, 0.1) is 24.9 Å². The van der Waals surface area contributed by atoms with E-state index in [0.717, 1.165) is 6.04 Å². The second-order valence-corrected chi connectivity index (χ2v) is 29.1. The van der Waals surface area contributed by atoms with Gasteiger partial charge in [-0.2, -0.15) is 0 Å². The number of hydrogen-bond acceptors (Lipinski definition) is 11. The first kappa shape index (κ1) is 51.4. The van der Waals surface area contributed by atoms with Crippen LogP contribution < -0.4 is 9.47 Å². The van der Waals surface area contributed by atoms with Crippen molar-refractivity contribution >= 4 is 34.4 Å². The van der Waals surface area contributed by atoms with Gasteiger partial charge in [-0.05, 0) is 105 Å². The van der Waals surface area contributed by atoms with E-state index in [9.17, 15) is 9.59 Å². The molecule has 3 rings (SSSR count). The zero-order chi connectivity index (χ0) is 45.4. The third-order valence-corrected chi connectivity index (χ3v) is 17.1. The molecule has 1 heterocycles. The quantitative estimate of drug-likeness (QED) is 0.0145. The summed E-state index contributed by atoms with van der Waals surface area (Å²) >= 11 is 0.